The van der Waals surface area contributed by atoms with E-state index >= 15 is 0 Å². The lowest BCUT2D eigenvalue weighted by Gasteiger charge is -2.15. The van der Waals surface area contributed by atoms with Gasteiger partial charge in [-0.2, -0.15) is 0 Å². The Morgan fingerprint density at radius 2 is 2.20 bits per heavy atom. The number of aliphatic hydroxyl groups is 1. The molecule has 1 aromatic carbocycles. The molecule has 2 heteroatoms. The van der Waals surface area contributed by atoms with E-state index in [0.29, 0.717) is 6.10 Å². The van der Waals surface area contributed by atoms with Gasteiger partial charge in [-0.25, -0.2) is 0 Å². The second kappa shape index (κ2) is 4.23. The normalized spacial score (nSPS) is 17.5. The predicted octanol–water partition coefficient (Wildman–Crippen LogP) is 2.63. The van der Waals surface area contributed by atoms with Crippen LogP contribution >= 0.6 is 0 Å². The van der Waals surface area contributed by atoms with Crippen LogP contribution in [-0.4, -0.2) is 17.8 Å². The molecule has 1 aliphatic rings. The number of aryl methyl sites for hydroxylation is 1. The third kappa shape index (κ3) is 2.51. The molecule has 0 radical (unpaired) electrons. The highest BCUT2D eigenvalue weighted by Gasteiger charge is 2.25. The van der Waals surface area contributed by atoms with Gasteiger partial charge in [0.05, 0.1) is 6.10 Å². The van der Waals surface area contributed by atoms with Gasteiger partial charge in [0.25, 0.3) is 0 Å². The largest absolute Gasteiger partial charge is 0.490 e. The van der Waals surface area contributed by atoms with Crippen LogP contribution in [0.3, 0.4) is 0 Å². The fraction of sp³-hybridized carbons (Fsp3) is 0.538. The van der Waals surface area contributed by atoms with E-state index < -0.39 is 0 Å². The van der Waals surface area contributed by atoms with Crippen molar-refractivity contribution in [2.24, 2.45) is 0 Å². The zero-order valence-corrected chi connectivity index (χ0v) is 9.36. The van der Waals surface area contributed by atoms with E-state index in [1.54, 1.807) is 0 Å². The van der Waals surface area contributed by atoms with Crippen LogP contribution in [0.15, 0.2) is 18.2 Å². The molecule has 1 saturated carbocycles. The van der Waals surface area contributed by atoms with Crippen molar-refractivity contribution < 1.29 is 9.84 Å². The molecule has 82 valence electrons. The maximum absolute atomic E-state index is 9.20. The fourth-order valence-corrected chi connectivity index (χ4v) is 1.62. The first-order chi connectivity index (χ1) is 7.20. The number of hydrogen-bond donors (Lipinski definition) is 1. The van der Waals surface area contributed by atoms with Crippen molar-refractivity contribution in [2.75, 3.05) is 6.61 Å². The highest BCUT2D eigenvalue weighted by Crippen LogP contribution is 2.33. The summed E-state index contributed by atoms with van der Waals surface area (Å²) in [6.07, 6.45) is 2.75. The van der Waals surface area contributed by atoms with E-state index in [0.717, 1.165) is 11.3 Å². The summed E-state index contributed by atoms with van der Waals surface area (Å²) in [5.41, 5.74) is 2.35. The Kier molecular flexibility index (Phi) is 2.96. The maximum Gasteiger partial charge on any atom is 0.123 e. The summed E-state index contributed by atoms with van der Waals surface area (Å²) in [7, 11) is 0. The zero-order chi connectivity index (χ0) is 10.8. The van der Waals surface area contributed by atoms with Crippen LogP contribution in [0.1, 0.15) is 36.8 Å². The van der Waals surface area contributed by atoms with E-state index in [1.165, 1.54) is 18.4 Å². The molecule has 0 spiro atoms. The first-order valence-corrected chi connectivity index (χ1v) is 5.58. The zero-order valence-electron chi connectivity index (χ0n) is 9.36. The number of aliphatic hydroxyl groups excluding tert-OH is 1. The molecule has 0 heterocycles. The maximum atomic E-state index is 9.20. The molecule has 0 aromatic heterocycles. The topological polar surface area (TPSA) is 29.5 Å². The van der Waals surface area contributed by atoms with E-state index in [-0.39, 0.29) is 12.5 Å². The van der Waals surface area contributed by atoms with Gasteiger partial charge in [-0.05, 0) is 31.4 Å². The van der Waals surface area contributed by atoms with Crippen LogP contribution in [0.4, 0.5) is 0 Å². The molecule has 2 nitrogen and oxygen atoms in total. The summed E-state index contributed by atoms with van der Waals surface area (Å²) in [5, 5.41) is 9.20. The van der Waals surface area contributed by atoms with Crippen molar-refractivity contribution in [2.45, 2.75) is 38.7 Å². The van der Waals surface area contributed by atoms with Gasteiger partial charge in [-0.15, -0.1) is 0 Å². The second-order valence-corrected chi connectivity index (χ2v) is 4.44. The Labute approximate surface area is 90.9 Å². The monoisotopic (exact) mass is 206 g/mol. The molecule has 1 N–H and O–H groups in total. The van der Waals surface area contributed by atoms with Crippen LogP contribution in [0.25, 0.3) is 0 Å². The van der Waals surface area contributed by atoms with Crippen LogP contribution < -0.4 is 4.74 Å². The molecule has 0 bridgehead atoms. The average molecular weight is 206 g/mol. The van der Waals surface area contributed by atoms with E-state index in [1.807, 2.05) is 13.0 Å². The molecule has 0 aliphatic heterocycles. The lowest BCUT2D eigenvalue weighted by atomic mass is 9.99. The first-order valence-electron chi connectivity index (χ1n) is 5.58. The molecule has 0 saturated heterocycles. The third-order valence-electron chi connectivity index (χ3n) is 2.79. The van der Waals surface area contributed by atoms with Gasteiger partial charge in [0.15, 0.2) is 0 Å². The van der Waals surface area contributed by atoms with Crippen molar-refractivity contribution in [1.82, 2.24) is 0 Å². The predicted molar refractivity (Wildman–Crippen MR) is 60.3 cm³/mol. The Balaban J connectivity index is 2.25. The lowest BCUT2D eigenvalue weighted by molar-refractivity contribution is 0.261. The summed E-state index contributed by atoms with van der Waals surface area (Å²) in [5.74, 6) is 1.10. The van der Waals surface area contributed by atoms with Gasteiger partial charge in [-0.3, -0.25) is 0 Å². The minimum atomic E-state index is 0.152. The fourth-order valence-electron chi connectivity index (χ4n) is 1.62. The van der Waals surface area contributed by atoms with E-state index in [9.17, 15) is 5.11 Å². The van der Waals surface area contributed by atoms with Crippen LogP contribution in [-0.2, 0) is 0 Å². The Hall–Kier alpha value is -1.02. The molecule has 1 aliphatic carbocycles. The Morgan fingerprint density at radius 1 is 1.47 bits per heavy atom. The van der Waals surface area contributed by atoms with Crippen molar-refractivity contribution >= 4 is 0 Å². The Morgan fingerprint density at radius 3 is 2.80 bits per heavy atom. The molecule has 1 atom stereocenters. The van der Waals surface area contributed by atoms with Gasteiger partial charge in [-0.1, -0.05) is 24.6 Å². The van der Waals surface area contributed by atoms with Crippen molar-refractivity contribution in [1.29, 1.82) is 0 Å². The smallest absolute Gasteiger partial charge is 0.123 e. The first kappa shape index (κ1) is 10.5. The molecule has 0 amide bonds. The van der Waals surface area contributed by atoms with Crippen molar-refractivity contribution in [3.63, 3.8) is 0 Å². The summed E-state index contributed by atoms with van der Waals surface area (Å²) < 4.78 is 5.82. The van der Waals surface area contributed by atoms with Gasteiger partial charge in [0.1, 0.15) is 5.75 Å². The molecular formula is C13H18O2. The van der Waals surface area contributed by atoms with E-state index in [2.05, 4.69) is 19.1 Å². The average Bonchev–Trinajstić information content (AvgIpc) is 3.03. The Bertz CT molecular complexity index is 342. The standard InChI is InChI=1S/C13H18O2/c1-9-3-6-13(15-11-4-5-11)12(7-9)10(2)8-14/h3,6-7,10-11,14H,4-5,8H2,1-2H3. The molecular weight excluding hydrogens is 188 g/mol. The summed E-state index contributed by atoms with van der Waals surface area (Å²) in [6.45, 7) is 4.26. The van der Waals surface area contributed by atoms with Crippen LogP contribution in [0, 0.1) is 6.92 Å². The minimum Gasteiger partial charge on any atom is -0.490 e. The SMILES string of the molecule is Cc1ccc(OC2CC2)c(C(C)CO)c1. The van der Waals surface area contributed by atoms with Gasteiger partial charge < -0.3 is 9.84 Å². The quantitative estimate of drug-likeness (QED) is 0.820. The highest BCUT2D eigenvalue weighted by molar-refractivity contribution is 5.39. The molecule has 1 aromatic rings. The number of hydrogen-bond acceptors (Lipinski definition) is 2. The van der Waals surface area contributed by atoms with Gasteiger partial charge >= 0.3 is 0 Å². The lowest BCUT2D eigenvalue weighted by Crippen LogP contribution is -2.05. The number of rotatable bonds is 4. The van der Waals surface area contributed by atoms with Crippen molar-refractivity contribution in [3.05, 3.63) is 29.3 Å². The minimum absolute atomic E-state index is 0.152. The third-order valence-corrected chi connectivity index (χ3v) is 2.79. The van der Waals surface area contributed by atoms with Crippen LogP contribution in [0.2, 0.25) is 0 Å². The summed E-state index contributed by atoms with van der Waals surface area (Å²) in [6, 6.07) is 6.19. The van der Waals surface area contributed by atoms with Gasteiger partial charge in [0, 0.05) is 12.5 Å². The molecule has 1 unspecified atom stereocenters. The van der Waals surface area contributed by atoms with E-state index in [4.69, 9.17) is 4.74 Å². The highest BCUT2D eigenvalue weighted by atomic mass is 16.5. The summed E-state index contributed by atoms with van der Waals surface area (Å²) in [4.78, 5) is 0. The van der Waals surface area contributed by atoms with Crippen molar-refractivity contribution in [3.8, 4) is 5.75 Å². The van der Waals surface area contributed by atoms with Gasteiger partial charge in [0.2, 0.25) is 0 Å². The summed E-state index contributed by atoms with van der Waals surface area (Å²) >= 11 is 0. The second-order valence-electron chi connectivity index (χ2n) is 4.44. The number of benzene rings is 1. The molecule has 1 fully saturated rings. The molecule has 15 heavy (non-hydrogen) atoms. The number of ether oxygens (including phenoxy) is 1. The molecule has 2 rings (SSSR count). The van der Waals surface area contributed by atoms with Crippen LogP contribution in [0.5, 0.6) is 5.75 Å².